The topological polar surface area (TPSA) is 96.2 Å². The molecule has 1 aromatic rings. The van der Waals surface area contributed by atoms with Gasteiger partial charge < -0.3 is 24.8 Å². The number of phenolic OH excluding ortho intramolecular Hbond substituents is 2. The van der Waals surface area contributed by atoms with Crippen LogP contribution in [0.25, 0.3) is 0 Å². The Bertz CT molecular complexity index is 459. The zero-order valence-corrected chi connectivity index (χ0v) is 9.81. The fourth-order valence-corrected chi connectivity index (χ4v) is 1.37. The highest BCUT2D eigenvalue weighted by molar-refractivity contribution is 5.78. The highest BCUT2D eigenvalue weighted by Gasteiger charge is 2.30. The predicted molar refractivity (Wildman–Crippen MR) is 57.9 cm³/mol. The van der Waals surface area contributed by atoms with E-state index in [0.717, 1.165) is 13.2 Å². The molecule has 0 amide bonds. The summed E-state index contributed by atoms with van der Waals surface area (Å²) in [6, 6.07) is 0.825. The number of carbonyl (C=O) groups excluding carboxylic acids is 1. The molecule has 1 unspecified atom stereocenters. The zero-order chi connectivity index (χ0) is 13.9. The minimum Gasteiger partial charge on any atom is -0.504 e. The SMILES string of the molecule is CCOC(=O)C(O)c1c(O)c(O)cc(OC)c1F. The molecule has 0 heterocycles. The van der Waals surface area contributed by atoms with E-state index in [-0.39, 0.29) is 6.61 Å². The van der Waals surface area contributed by atoms with Crippen LogP contribution in [-0.4, -0.2) is 35.0 Å². The molecule has 100 valence electrons. The van der Waals surface area contributed by atoms with E-state index in [1.807, 2.05) is 0 Å². The van der Waals surface area contributed by atoms with Crippen molar-refractivity contribution in [3.8, 4) is 17.2 Å². The average molecular weight is 260 g/mol. The van der Waals surface area contributed by atoms with Crippen LogP contribution in [-0.2, 0) is 9.53 Å². The summed E-state index contributed by atoms with van der Waals surface area (Å²) in [7, 11) is 1.13. The van der Waals surface area contributed by atoms with Crippen molar-refractivity contribution in [3.05, 3.63) is 17.4 Å². The minimum atomic E-state index is -2.05. The Morgan fingerprint density at radius 1 is 1.50 bits per heavy atom. The Morgan fingerprint density at radius 2 is 2.11 bits per heavy atom. The number of phenols is 2. The Labute approximate surface area is 102 Å². The molecule has 0 aliphatic rings. The standard InChI is InChI=1S/C11H13FO6/c1-3-18-11(16)10(15)7-8(12)6(17-2)4-5(13)9(7)14/h4,10,13-15H,3H2,1-2H3. The van der Waals surface area contributed by atoms with Gasteiger partial charge in [-0.25, -0.2) is 9.18 Å². The van der Waals surface area contributed by atoms with Crippen LogP contribution in [0.3, 0.4) is 0 Å². The van der Waals surface area contributed by atoms with Crippen molar-refractivity contribution >= 4 is 5.97 Å². The summed E-state index contributed by atoms with van der Waals surface area (Å²) in [6.45, 7) is 1.48. The highest BCUT2D eigenvalue weighted by Crippen LogP contribution is 2.40. The first kappa shape index (κ1) is 14.0. The molecule has 0 fully saturated rings. The maximum absolute atomic E-state index is 13.8. The van der Waals surface area contributed by atoms with E-state index >= 15 is 0 Å². The monoisotopic (exact) mass is 260 g/mol. The molecule has 1 aromatic carbocycles. The number of ether oxygens (including phenoxy) is 2. The number of aliphatic hydroxyl groups excluding tert-OH is 1. The van der Waals surface area contributed by atoms with E-state index in [2.05, 4.69) is 9.47 Å². The molecule has 7 heteroatoms. The van der Waals surface area contributed by atoms with Crippen LogP contribution < -0.4 is 4.74 Å². The van der Waals surface area contributed by atoms with Gasteiger partial charge in [0.2, 0.25) is 0 Å². The largest absolute Gasteiger partial charge is 0.504 e. The van der Waals surface area contributed by atoms with Gasteiger partial charge in [-0.15, -0.1) is 0 Å². The molecule has 0 bridgehead atoms. The van der Waals surface area contributed by atoms with Crippen LogP contribution in [0.1, 0.15) is 18.6 Å². The molecule has 3 N–H and O–H groups in total. The molecular formula is C11H13FO6. The smallest absolute Gasteiger partial charge is 0.339 e. The van der Waals surface area contributed by atoms with E-state index in [0.29, 0.717) is 0 Å². The van der Waals surface area contributed by atoms with Gasteiger partial charge in [-0.1, -0.05) is 0 Å². The van der Waals surface area contributed by atoms with Gasteiger partial charge in [0, 0.05) is 6.07 Å². The lowest BCUT2D eigenvalue weighted by molar-refractivity contribution is -0.153. The number of aromatic hydroxyl groups is 2. The molecule has 0 aromatic heterocycles. The van der Waals surface area contributed by atoms with Crippen LogP contribution in [0.15, 0.2) is 6.07 Å². The van der Waals surface area contributed by atoms with E-state index in [9.17, 15) is 24.5 Å². The maximum Gasteiger partial charge on any atom is 0.339 e. The summed E-state index contributed by atoms with van der Waals surface area (Å²) >= 11 is 0. The Hall–Kier alpha value is -2.02. The summed E-state index contributed by atoms with van der Waals surface area (Å²) in [5.41, 5.74) is -0.787. The number of halogens is 1. The molecule has 0 aliphatic carbocycles. The van der Waals surface area contributed by atoms with Gasteiger partial charge in [-0.3, -0.25) is 0 Å². The van der Waals surface area contributed by atoms with Crippen molar-refractivity contribution in [1.82, 2.24) is 0 Å². The second-order valence-corrected chi connectivity index (χ2v) is 3.33. The first-order valence-electron chi connectivity index (χ1n) is 5.07. The average Bonchev–Trinajstić information content (AvgIpc) is 2.34. The number of hydrogen-bond acceptors (Lipinski definition) is 6. The quantitative estimate of drug-likeness (QED) is 0.548. The lowest BCUT2D eigenvalue weighted by Gasteiger charge is -2.15. The number of esters is 1. The van der Waals surface area contributed by atoms with E-state index in [1.165, 1.54) is 6.92 Å². The van der Waals surface area contributed by atoms with Gasteiger partial charge >= 0.3 is 5.97 Å². The first-order valence-corrected chi connectivity index (χ1v) is 5.07. The van der Waals surface area contributed by atoms with Gasteiger partial charge in [-0.05, 0) is 6.92 Å². The van der Waals surface area contributed by atoms with E-state index < -0.39 is 40.7 Å². The molecule has 0 saturated heterocycles. The molecule has 0 aliphatic heterocycles. The molecule has 0 spiro atoms. The van der Waals surface area contributed by atoms with Crippen molar-refractivity contribution in [2.75, 3.05) is 13.7 Å². The van der Waals surface area contributed by atoms with Crippen LogP contribution >= 0.6 is 0 Å². The fraction of sp³-hybridized carbons (Fsp3) is 0.364. The number of carbonyl (C=O) groups is 1. The number of aliphatic hydroxyl groups is 1. The second-order valence-electron chi connectivity index (χ2n) is 3.33. The maximum atomic E-state index is 13.8. The molecule has 1 rings (SSSR count). The Morgan fingerprint density at radius 3 is 2.61 bits per heavy atom. The van der Waals surface area contributed by atoms with Gasteiger partial charge in [0.25, 0.3) is 0 Å². The van der Waals surface area contributed by atoms with Crippen LogP contribution in [0.2, 0.25) is 0 Å². The summed E-state index contributed by atoms with van der Waals surface area (Å²) in [6.07, 6.45) is -2.05. The highest BCUT2D eigenvalue weighted by atomic mass is 19.1. The number of benzene rings is 1. The van der Waals surface area contributed by atoms with E-state index in [1.54, 1.807) is 0 Å². The number of methoxy groups -OCH3 is 1. The van der Waals surface area contributed by atoms with Crippen molar-refractivity contribution < 1.29 is 34.0 Å². The van der Waals surface area contributed by atoms with Crippen molar-refractivity contribution in [2.24, 2.45) is 0 Å². The van der Waals surface area contributed by atoms with Gasteiger partial charge in [-0.2, -0.15) is 0 Å². The second kappa shape index (κ2) is 5.54. The molecule has 0 saturated carbocycles. The lowest BCUT2D eigenvalue weighted by atomic mass is 10.1. The summed E-state index contributed by atoms with van der Waals surface area (Å²) in [4.78, 5) is 11.3. The van der Waals surface area contributed by atoms with Crippen LogP contribution in [0.4, 0.5) is 4.39 Å². The number of rotatable bonds is 4. The predicted octanol–water partition coefficient (Wildman–Crippen LogP) is 0.842. The van der Waals surface area contributed by atoms with Crippen molar-refractivity contribution in [2.45, 2.75) is 13.0 Å². The van der Waals surface area contributed by atoms with Crippen molar-refractivity contribution in [3.63, 3.8) is 0 Å². The third kappa shape index (κ3) is 2.45. The molecule has 0 radical (unpaired) electrons. The summed E-state index contributed by atoms with van der Waals surface area (Å²) in [5, 5.41) is 28.4. The Kier molecular flexibility index (Phi) is 4.33. The lowest BCUT2D eigenvalue weighted by Crippen LogP contribution is -2.17. The van der Waals surface area contributed by atoms with Gasteiger partial charge in [0.05, 0.1) is 19.3 Å². The first-order chi connectivity index (χ1) is 8.43. The van der Waals surface area contributed by atoms with Gasteiger partial charge in [0.15, 0.2) is 29.2 Å². The Balaban J connectivity index is 3.30. The summed E-state index contributed by atoms with van der Waals surface area (Å²) < 4.78 is 22.9. The molecule has 6 nitrogen and oxygen atoms in total. The van der Waals surface area contributed by atoms with Crippen LogP contribution in [0.5, 0.6) is 17.2 Å². The van der Waals surface area contributed by atoms with Crippen LogP contribution in [0, 0.1) is 5.82 Å². The minimum absolute atomic E-state index is 0.0196. The molecule has 18 heavy (non-hydrogen) atoms. The normalized spacial score (nSPS) is 12.0. The zero-order valence-electron chi connectivity index (χ0n) is 9.81. The molecular weight excluding hydrogens is 247 g/mol. The number of hydrogen-bond donors (Lipinski definition) is 3. The summed E-state index contributed by atoms with van der Waals surface area (Å²) in [5.74, 6) is -4.35. The fourth-order valence-electron chi connectivity index (χ4n) is 1.37. The molecule has 1 atom stereocenters. The van der Waals surface area contributed by atoms with Crippen molar-refractivity contribution in [1.29, 1.82) is 0 Å². The third-order valence-corrected chi connectivity index (χ3v) is 2.22. The van der Waals surface area contributed by atoms with E-state index in [4.69, 9.17) is 0 Å². The van der Waals surface area contributed by atoms with Gasteiger partial charge in [0.1, 0.15) is 0 Å². The third-order valence-electron chi connectivity index (χ3n) is 2.22.